The van der Waals surface area contributed by atoms with Crippen LogP contribution in [0.4, 0.5) is 9.59 Å². The summed E-state index contributed by atoms with van der Waals surface area (Å²) < 4.78 is 7.26. The lowest BCUT2D eigenvalue weighted by atomic mass is 9.93. The van der Waals surface area contributed by atoms with E-state index < -0.39 is 11.7 Å². The SMILES string of the molecule is Cc1cc(-c2cnc3c(c2)c(Br)cn3C(=O)O)ccc1C1=CCN(C(=O)OC(C)(C)C)CC1. The first-order valence-corrected chi connectivity index (χ1v) is 11.5. The van der Waals surface area contributed by atoms with E-state index in [1.165, 1.54) is 11.8 Å². The van der Waals surface area contributed by atoms with Gasteiger partial charge in [0.15, 0.2) is 5.65 Å². The van der Waals surface area contributed by atoms with E-state index in [4.69, 9.17) is 4.74 Å². The maximum atomic E-state index is 12.3. The summed E-state index contributed by atoms with van der Waals surface area (Å²) in [4.78, 5) is 29.8. The predicted octanol–water partition coefficient (Wildman–Crippen LogP) is 6.32. The molecule has 0 unspecified atom stereocenters. The molecular formula is C25H26BrN3O4. The fraction of sp³-hybridized carbons (Fsp3) is 0.320. The third-order valence-electron chi connectivity index (χ3n) is 5.57. The molecule has 33 heavy (non-hydrogen) atoms. The summed E-state index contributed by atoms with van der Waals surface area (Å²) in [5.74, 6) is 0. The van der Waals surface area contributed by atoms with E-state index >= 15 is 0 Å². The lowest BCUT2D eigenvalue weighted by Gasteiger charge is -2.30. The summed E-state index contributed by atoms with van der Waals surface area (Å²) in [6.45, 7) is 8.83. The molecule has 0 aliphatic carbocycles. The van der Waals surface area contributed by atoms with Crippen molar-refractivity contribution >= 4 is 44.7 Å². The Morgan fingerprint density at radius 3 is 2.55 bits per heavy atom. The second-order valence-electron chi connectivity index (χ2n) is 9.16. The zero-order chi connectivity index (χ0) is 23.9. The van der Waals surface area contributed by atoms with Gasteiger partial charge in [-0.1, -0.05) is 24.3 Å². The molecule has 7 nitrogen and oxygen atoms in total. The van der Waals surface area contributed by atoms with E-state index in [9.17, 15) is 14.7 Å². The lowest BCUT2D eigenvalue weighted by Crippen LogP contribution is -2.39. The summed E-state index contributed by atoms with van der Waals surface area (Å²) in [5.41, 5.74) is 5.32. The number of rotatable bonds is 2. The lowest BCUT2D eigenvalue weighted by molar-refractivity contribution is 0.0270. The van der Waals surface area contributed by atoms with Crippen molar-refractivity contribution in [3.63, 3.8) is 0 Å². The first kappa shape index (κ1) is 23.0. The number of hydrogen-bond donors (Lipinski definition) is 1. The van der Waals surface area contributed by atoms with Crippen molar-refractivity contribution in [1.29, 1.82) is 0 Å². The summed E-state index contributed by atoms with van der Waals surface area (Å²) >= 11 is 3.43. The fourth-order valence-electron chi connectivity index (χ4n) is 3.98. The van der Waals surface area contributed by atoms with E-state index in [0.29, 0.717) is 23.2 Å². The van der Waals surface area contributed by atoms with Gasteiger partial charge in [-0.15, -0.1) is 0 Å². The normalized spacial score (nSPS) is 14.3. The number of fused-ring (bicyclic) bond motifs is 1. The van der Waals surface area contributed by atoms with Gasteiger partial charge in [0.25, 0.3) is 0 Å². The number of aromatic nitrogens is 2. The summed E-state index contributed by atoms with van der Waals surface area (Å²) in [7, 11) is 0. The number of carboxylic acid groups (broad SMARTS) is 1. The first-order valence-electron chi connectivity index (χ1n) is 10.7. The van der Waals surface area contributed by atoms with Crippen molar-refractivity contribution in [2.75, 3.05) is 13.1 Å². The van der Waals surface area contributed by atoms with E-state index in [1.807, 2.05) is 32.9 Å². The van der Waals surface area contributed by atoms with Crippen LogP contribution in [-0.4, -0.2) is 50.4 Å². The van der Waals surface area contributed by atoms with Gasteiger partial charge in [0.2, 0.25) is 0 Å². The molecule has 0 atom stereocenters. The Balaban J connectivity index is 1.56. The highest BCUT2D eigenvalue weighted by Gasteiger charge is 2.24. The quantitative estimate of drug-likeness (QED) is 0.434. The molecule has 8 heteroatoms. The molecule has 1 aromatic carbocycles. The fourth-order valence-corrected chi connectivity index (χ4v) is 4.48. The number of ether oxygens (including phenoxy) is 1. The van der Waals surface area contributed by atoms with E-state index in [-0.39, 0.29) is 6.09 Å². The Hall–Kier alpha value is -3.13. The number of carbonyl (C=O) groups excluding carboxylic acids is 1. The van der Waals surface area contributed by atoms with Crippen LogP contribution in [0.5, 0.6) is 0 Å². The number of hydrogen-bond acceptors (Lipinski definition) is 4. The van der Waals surface area contributed by atoms with Crippen molar-refractivity contribution < 1.29 is 19.4 Å². The third kappa shape index (κ3) is 4.80. The Morgan fingerprint density at radius 1 is 1.18 bits per heavy atom. The van der Waals surface area contributed by atoms with Gasteiger partial charge in [0, 0.05) is 40.9 Å². The van der Waals surface area contributed by atoms with Crippen LogP contribution in [0.1, 0.15) is 38.3 Å². The summed E-state index contributed by atoms with van der Waals surface area (Å²) in [6.07, 6.45) is 4.71. The van der Waals surface area contributed by atoms with E-state index in [0.717, 1.165) is 38.6 Å². The van der Waals surface area contributed by atoms with Gasteiger partial charge < -0.3 is 14.7 Å². The third-order valence-corrected chi connectivity index (χ3v) is 6.20. The largest absolute Gasteiger partial charge is 0.464 e. The first-order chi connectivity index (χ1) is 15.5. The molecule has 0 bridgehead atoms. The number of aryl methyl sites for hydroxylation is 1. The van der Waals surface area contributed by atoms with Gasteiger partial charge in [0.05, 0.1) is 0 Å². The average molecular weight is 512 g/mol. The van der Waals surface area contributed by atoms with Crippen molar-refractivity contribution in [1.82, 2.24) is 14.5 Å². The van der Waals surface area contributed by atoms with Crippen LogP contribution >= 0.6 is 15.9 Å². The number of carbonyl (C=O) groups is 2. The minimum absolute atomic E-state index is 0.282. The molecule has 0 radical (unpaired) electrons. The highest BCUT2D eigenvalue weighted by Crippen LogP contribution is 2.32. The molecule has 0 spiro atoms. The molecule has 0 fully saturated rings. The van der Waals surface area contributed by atoms with Crippen LogP contribution in [0.25, 0.3) is 27.7 Å². The number of halogens is 1. The second-order valence-corrected chi connectivity index (χ2v) is 10.0. The highest BCUT2D eigenvalue weighted by atomic mass is 79.9. The van der Waals surface area contributed by atoms with E-state index in [1.54, 1.807) is 11.1 Å². The van der Waals surface area contributed by atoms with Crippen LogP contribution in [0, 0.1) is 6.92 Å². The van der Waals surface area contributed by atoms with Crippen LogP contribution in [0.15, 0.2) is 47.2 Å². The van der Waals surface area contributed by atoms with Gasteiger partial charge in [-0.2, -0.15) is 0 Å². The van der Waals surface area contributed by atoms with Crippen LogP contribution in [0.3, 0.4) is 0 Å². The number of nitrogens with zero attached hydrogens (tertiary/aromatic N) is 3. The Labute approximate surface area is 200 Å². The smallest absolute Gasteiger partial charge is 0.417 e. The van der Waals surface area contributed by atoms with E-state index in [2.05, 4.69) is 46.0 Å². The molecule has 3 aromatic rings. The topological polar surface area (TPSA) is 84.7 Å². The molecule has 1 aliphatic heterocycles. The minimum atomic E-state index is -1.07. The van der Waals surface area contributed by atoms with Crippen LogP contribution in [-0.2, 0) is 4.74 Å². The molecule has 0 saturated carbocycles. The van der Waals surface area contributed by atoms with Crippen molar-refractivity contribution in [3.8, 4) is 11.1 Å². The summed E-state index contributed by atoms with van der Waals surface area (Å²) in [6, 6.07) is 8.20. The maximum absolute atomic E-state index is 12.3. The van der Waals surface area contributed by atoms with Crippen molar-refractivity contribution in [2.45, 2.75) is 39.7 Å². The summed E-state index contributed by atoms with van der Waals surface area (Å²) in [5, 5.41) is 10.1. The maximum Gasteiger partial charge on any atom is 0.417 e. The zero-order valence-electron chi connectivity index (χ0n) is 19.1. The molecule has 2 aromatic heterocycles. The molecule has 4 rings (SSSR count). The van der Waals surface area contributed by atoms with Gasteiger partial charge in [-0.05, 0) is 78.4 Å². The highest BCUT2D eigenvalue weighted by molar-refractivity contribution is 9.10. The van der Waals surface area contributed by atoms with Gasteiger partial charge in [-0.3, -0.25) is 0 Å². The molecule has 1 aliphatic rings. The molecule has 1 N–H and O–H groups in total. The van der Waals surface area contributed by atoms with Gasteiger partial charge in [0.1, 0.15) is 5.60 Å². The van der Waals surface area contributed by atoms with Crippen molar-refractivity contribution in [2.24, 2.45) is 0 Å². The molecule has 172 valence electrons. The number of pyridine rings is 1. The molecule has 0 saturated heterocycles. The second kappa shape index (κ2) is 8.67. The Morgan fingerprint density at radius 2 is 1.94 bits per heavy atom. The minimum Gasteiger partial charge on any atom is -0.464 e. The molecule has 3 heterocycles. The number of amides is 1. The van der Waals surface area contributed by atoms with Crippen LogP contribution < -0.4 is 0 Å². The Kier molecular flexibility index (Phi) is 6.05. The number of benzene rings is 1. The zero-order valence-corrected chi connectivity index (χ0v) is 20.6. The molecule has 1 amide bonds. The standard InChI is InChI=1S/C25H26BrN3O4/c1-15-11-17(18-12-20-21(26)14-29(23(30)31)22(20)27-13-18)5-6-19(15)16-7-9-28(10-8-16)24(32)33-25(2,3)4/h5-7,11-14H,8-10H2,1-4H3,(H,30,31). The molecular weight excluding hydrogens is 486 g/mol. The average Bonchev–Trinajstić information content (AvgIpc) is 3.09. The predicted molar refractivity (Wildman–Crippen MR) is 131 cm³/mol. The monoisotopic (exact) mass is 511 g/mol. The van der Waals surface area contributed by atoms with Crippen LogP contribution in [0.2, 0.25) is 0 Å². The Bertz CT molecular complexity index is 1290. The van der Waals surface area contributed by atoms with Gasteiger partial charge in [-0.25, -0.2) is 19.1 Å². The van der Waals surface area contributed by atoms with Gasteiger partial charge >= 0.3 is 12.2 Å². The van der Waals surface area contributed by atoms with Crippen molar-refractivity contribution in [3.05, 3.63) is 58.3 Å².